The highest BCUT2D eigenvalue weighted by molar-refractivity contribution is 5.93. The number of nitrogens with zero attached hydrogens (tertiary/aromatic N) is 2. The molecule has 0 spiro atoms. The van der Waals surface area contributed by atoms with Gasteiger partial charge >= 0.3 is 0 Å². The van der Waals surface area contributed by atoms with E-state index in [4.69, 9.17) is 15.7 Å². The quantitative estimate of drug-likeness (QED) is 0.740. The summed E-state index contributed by atoms with van der Waals surface area (Å²) in [4.78, 5) is 4.26. The highest BCUT2D eigenvalue weighted by Gasteiger charge is 2.07. The second-order valence-corrected chi connectivity index (χ2v) is 4.63. The Bertz CT molecular complexity index is 820. The van der Waals surface area contributed by atoms with Crippen molar-refractivity contribution in [1.82, 2.24) is 4.98 Å². The van der Waals surface area contributed by atoms with Crippen LogP contribution in [-0.2, 0) is 6.42 Å². The van der Waals surface area contributed by atoms with Gasteiger partial charge in [0.15, 0.2) is 5.75 Å². The number of rotatable bonds is 3. The van der Waals surface area contributed by atoms with Crippen LogP contribution in [0.5, 0.6) is 11.5 Å². The minimum Gasteiger partial charge on any atom is -0.455 e. The molecular weight excluding hydrogens is 262 g/mol. The maximum Gasteiger partial charge on any atom is 0.151 e. The standard InChI is InChI=1S/C17H13N3O/c18-10-9-12-3-5-13(6-4-12)21-16-8-7-15-14(17(16)19)2-1-11-20-15/h1-8,11H,9,19H2. The molecule has 3 aromatic rings. The van der Waals surface area contributed by atoms with Gasteiger partial charge in [-0.05, 0) is 42.0 Å². The molecule has 3 rings (SSSR count). The molecule has 21 heavy (non-hydrogen) atoms. The third kappa shape index (κ3) is 2.63. The number of benzene rings is 2. The molecule has 1 heterocycles. The summed E-state index contributed by atoms with van der Waals surface area (Å²) in [7, 11) is 0. The van der Waals surface area contributed by atoms with Crippen LogP contribution in [0.4, 0.5) is 5.69 Å². The second-order valence-electron chi connectivity index (χ2n) is 4.63. The predicted molar refractivity (Wildman–Crippen MR) is 82.0 cm³/mol. The lowest BCUT2D eigenvalue weighted by molar-refractivity contribution is 0.485. The van der Waals surface area contributed by atoms with Crippen molar-refractivity contribution in [3.8, 4) is 17.6 Å². The third-order valence-corrected chi connectivity index (χ3v) is 3.22. The summed E-state index contributed by atoms with van der Waals surface area (Å²) < 4.78 is 5.81. The molecule has 0 aliphatic carbocycles. The van der Waals surface area contributed by atoms with Gasteiger partial charge in [0.25, 0.3) is 0 Å². The zero-order valence-electron chi connectivity index (χ0n) is 11.3. The van der Waals surface area contributed by atoms with E-state index in [2.05, 4.69) is 11.1 Å². The maximum absolute atomic E-state index is 8.66. The average Bonchev–Trinajstić information content (AvgIpc) is 2.52. The van der Waals surface area contributed by atoms with E-state index in [0.29, 0.717) is 23.6 Å². The van der Waals surface area contributed by atoms with Crippen molar-refractivity contribution in [3.05, 3.63) is 60.3 Å². The number of nitriles is 1. The number of ether oxygens (including phenoxy) is 1. The molecule has 4 nitrogen and oxygen atoms in total. The van der Waals surface area contributed by atoms with Gasteiger partial charge in [-0.1, -0.05) is 12.1 Å². The molecule has 0 atom stereocenters. The van der Waals surface area contributed by atoms with Crippen molar-refractivity contribution in [2.75, 3.05) is 5.73 Å². The lowest BCUT2D eigenvalue weighted by Crippen LogP contribution is -1.94. The molecule has 1 aromatic heterocycles. The van der Waals surface area contributed by atoms with Crippen LogP contribution in [0.15, 0.2) is 54.7 Å². The monoisotopic (exact) mass is 275 g/mol. The van der Waals surface area contributed by atoms with Crippen LogP contribution in [-0.4, -0.2) is 4.98 Å². The van der Waals surface area contributed by atoms with Crippen molar-refractivity contribution in [3.63, 3.8) is 0 Å². The molecular formula is C17H13N3O. The van der Waals surface area contributed by atoms with Crippen LogP contribution in [0.3, 0.4) is 0 Å². The van der Waals surface area contributed by atoms with Crippen LogP contribution in [0.2, 0.25) is 0 Å². The fraction of sp³-hybridized carbons (Fsp3) is 0.0588. The van der Waals surface area contributed by atoms with Crippen LogP contribution in [0, 0.1) is 11.3 Å². The maximum atomic E-state index is 8.66. The smallest absolute Gasteiger partial charge is 0.151 e. The summed E-state index contributed by atoms with van der Waals surface area (Å²) in [6, 6.07) is 17.0. The normalized spacial score (nSPS) is 10.2. The Morgan fingerprint density at radius 2 is 1.90 bits per heavy atom. The lowest BCUT2D eigenvalue weighted by atomic mass is 10.1. The minimum absolute atomic E-state index is 0.393. The Morgan fingerprint density at radius 3 is 2.67 bits per heavy atom. The molecule has 0 saturated carbocycles. The molecule has 0 aliphatic heterocycles. The minimum atomic E-state index is 0.393. The molecule has 0 aliphatic rings. The molecule has 0 bridgehead atoms. The van der Waals surface area contributed by atoms with Gasteiger partial charge in [0, 0.05) is 11.6 Å². The molecule has 0 unspecified atom stereocenters. The highest BCUT2D eigenvalue weighted by Crippen LogP contribution is 2.32. The average molecular weight is 275 g/mol. The van der Waals surface area contributed by atoms with Crippen LogP contribution >= 0.6 is 0 Å². The SMILES string of the molecule is N#CCc1ccc(Oc2ccc3ncccc3c2N)cc1. The van der Waals surface area contributed by atoms with E-state index in [0.717, 1.165) is 16.5 Å². The first-order chi connectivity index (χ1) is 10.3. The highest BCUT2D eigenvalue weighted by atomic mass is 16.5. The van der Waals surface area contributed by atoms with Crippen LogP contribution < -0.4 is 10.5 Å². The van der Waals surface area contributed by atoms with Gasteiger partial charge in [0.1, 0.15) is 5.75 Å². The zero-order chi connectivity index (χ0) is 14.7. The topological polar surface area (TPSA) is 71.9 Å². The summed E-state index contributed by atoms with van der Waals surface area (Å²) in [5, 5.41) is 9.53. The van der Waals surface area contributed by atoms with Gasteiger partial charge in [0.05, 0.1) is 23.7 Å². The number of hydrogen-bond donors (Lipinski definition) is 1. The van der Waals surface area contributed by atoms with Crippen molar-refractivity contribution < 1.29 is 4.74 Å². The van der Waals surface area contributed by atoms with E-state index in [9.17, 15) is 0 Å². The number of fused-ring (bicyclic) bond motifs is 1. The number of pyridine rings is 1. The molecule has 2 aromatic carbocycles. The summed E-state index contributed by atoms with van der Waals surface area (Å²) in [5.41, 5.74) is 8.51. The van der Waals surface area contributed by atoms with Gasteiger partial charge in [-0.15, -0.1) is 0 Å². The van der Waals surface area contributed by atoms with Gasteiger partial charge in [-0.2, -0.15) is 5.26 Å². The second kappa shape index (κ2) is 5.51. The first-order valence-electron chi connectivity index (χ1n) is 6.55. The number of nitrogen functional groups attached to an aromatic ring is 1. The van der Waals surface area contributed by atoms with Gasteiger partial charge in [-0.3, -0.25) is 4.98 Å². The Kier molecular flexibility index (Phi) is 3.40. The van der Waals surface area contributed by atoms with Crippen molar-refractivity contribution in [2.45, 2.75) is 6.42 Å². The fourth-order valence-corrected chi connectivity index (χ4v) is 2.14. The van der Waals surface area contributed by atoms with Gasteiger partial charge < -0.3 is 10.5 Å². The molecule has 0 amide bonds. The molecule has 102 valence electrons. The number of nitrogens with two attached hydrogens (primary N) is 1. The molecule has 0 radical (unpaired) electrons. The number of hydrogen-bond acceptors (Lipinski definition) is 4. The summed E-state index contributed by atoms with van der Waals surface area (Å²) in [6.45, 7) is 0. The summed E-state index contributed by atoms with van der Waals surface area (Å²) >= 11 is 0. The Balaban J connectivity index is 1.91. The van der Waals surface area contributed by atoms with Gasteiger partial charge in [0.2, 0.25) is 0 Å². The van der Waals surface area contributed by atoms with Crippen molar-refractivity contribution >= 4 is 16.6 Å². The molecule has 0 saturated heterocycles. The van der Waals surface area contributed by atoms with E-state index in [1.165, 1.54) is 0 Å². The zero-order valence-corrected chi connectivity index (χ0v) is 11.3. The van der Waals surface area contributed by atoms with Crippen LogP contribution in [0.25, 0.3) is 10.9 Å². The fourth-order valence-electron chi connectivity index (χ4n) is 2.14. The number of anilines is 1. The number of aromatic nitrogens is 1. The van der Waals surface area contributed by atoms with E-state index in [1.54, 1.807) is 6.20 Å². The Labute approximate surface area is 122 Å². The molecule has 0 fully saturated rings. The summed E-state index contributed by atoms with van der Waals surface area (Å²) in [6.07, 6.45) is 2.13. The first kappa shape index (κ1) is 12.9. The molecule has 2 N–H and O–H groups in total. The van der Waals surface area contributed by atoms with E-state index in [-0.39, 0.29) is 0 Å². The van der Waals surface area contributed by atoms with Crippen molar-refractivity contribution in [2.24, 2.45) is 0 Å². The van der Waals surface area contributed by atoms with Gasteiger partial charge in [-0.25, -0.2) is 0 Å². The van der Waals surface area contributed by atoms with E-state index >= 15 is 0 Å². The van der Waals surface area contributed by atoms with E-state index in [1.807, 2.05) is 48.5 Å². The largest absolute Gasteiger partial charge is 0.455 e. The Morgan fingerprint density at radius 1 is 1.10 bits per heavy atom. The van der Waals surface area contributed by atoms with Crippen LogP contribution in [0.1, 0.15) is 5.56 Å². The predicted octanol–water partition coefficient (Wildman–Crippen LogP) is 3.68. The Hall–Kier alpha value is -3.06. The molecule has 4 heteroatoms. The lowest BCUT2D eigenvalue weighted by Gasteiger charge is -2.10. The van der Waals surface area contributed by atoms with E-state index < -0.39 is 0 Å². The summed E-state index contributed by atoms with van der Waals surface area (Å²) in [5.74, 6) is 1.29. The first-order valence-corrected chi connectivity index (χ1v) is 6.55. The van der Waals surface area contributed by atoms with Crippen molar-refractivity contribution in [1.29, 1.82) is 5.26 Å². The third-order valence-electron chi connectivity index (χ3n) is 3.22.